The number of benzene rings is 3. The molecule has 0 fully saturated rings. The minimum atomic E-state index is -4.10. The Hall–Kier alpha value is -3.76. The number of nitrogens with one attached hydrogen (secondary N) is 1. The number of carbonyl (C=O) groups excluding carboxylic acids is 1. The van der Waals surface area contributed by atoms with E-state index in [2.05, 4.69) is 10.5 Å². The molecular formula is C25H26FN3O5S. The molecule has 0 saturated carbocycles. The van der Waals surface area contributed by atoms with Crippen LogP contribution in [0.1, 0.15) is 16.7 Å². The van der Waals surface area contributed by atoms with Gasteiger partial charge >= 0.3 is 0 Å². The molecule has 0 spiro atoms. The number of carbonyl (C=O) groups is 1. The van der Waals surface area contributed by atoms with Crippen LogP contribution in [0.25, 0.3) is 0 Å². The van der Waals surface area contributed by atoms with Crippen LogP contribution in [0, 0.1) is 12.7 Å². The van der Waals surface area contributed by atoms with E-state index >= 15 is 0 Å². The van der Waals surface area contributed by atoms with Crippen LogP contribution in [0.3, 0.4) is 0 Å². The Balaban J connectivity index is 1.79. The highest BCUT2D eigenvalue weighted by Gasteiger charge is 2.27. The van der Waals surface area contributed by atoms with Crippen LogP contribution in [-0.4, -0.2) is 45.6 Å². The van der Waals surface area contributed by atoms with Crippen molar-refractivity contribution in [3.05, 3.63) is 89.2 Å². The van der Waals surface area contributed by atoms with E-state index in [1.807, 2.05) is 6.92 Å². The summed E-state index contributed by atoms with van der Waals surface area (Å²) in [4.78, 5) is 12.6. The first-order valence-corrected chi connectivity index (χ1v) is 12.0. The fourth-order valence-corrected chi connectivity index (χ4v) is 4.58. The van der Waals surface area contributed by atoms with Gasteiger partial charge in [0.15, 0.2) is 11.5 Å². The summed E-state index contributed by atoms with van der Waals surface area (Å²) in [5.74, 6) is -0.223. The van der Waals surface area contributed by atoms with Crippen molar-refractivity contribution in [2.75, 3.05) is 20.8 Å². The Morgan fingerprint density at radius 3 is 2.37 bits per heavy atom. The first-order chi connectivity index (χ1) is 16.7. The lowest BCUT2D eigenvalue weighted by molar-refractivity contribution is -0.121. The molecule has 35 heavy (non-hydrogen) atoms. The van der Waals surface area contributed by atoms with Gasteiger partial charge in [-0.3, -0.25) is 4.79 Å². The van der Waals surface area contributed by atoms with Crippen molar-refractivity contribution in [1.29, 1.82) is 0 Å². The van der Waals surface area contributed by atoms with Crippen LogP contribution in [0.2, 0.25) is 0 Å². The molecule has 0 bridgehead atoms. The number of ether oxygens (including phenoxy) is 2. The van der Waals surface area contributed by atoms with Crippen LogP contribution >= 0.6 is 0 Å². The van der Waals surface area contributed by atoms with E-state index < -0.39 is 28.3 Å². The molecule has 0 aromatic heterocycles. The number of nitrogens with zero attached hydrogens (tertiary/aromatic N) is 2. The Morgan fingerprint density at radius 1 is 1.03 bits per heavy atom. The molecule has 1 N–H and O–H groups in total. The molecule has 0 aliphatic rings. The molecule has 0 radical (unpaired) electrons. The standard InChI is InChI=1S/C25H26FN3O5S/c1-18-8-11-21(12-9-18)35(31,32)29(16-20-6-4-5-7-22(20)26)17-25(30)28-27-15-19-10-13-23(33-2)24(14-19)34-3/h4-15H,16-17H2,1-3H3,(H,28,30)/b27-15-. The Bertz CT molecular complexity index is 1310. The van der Waals surface area contributed by atoms with Gasteiger partial charge in [-0.05, 0) is 48.9 Å². The molecule has 0 aliphatic heterocycles. The summed E-state index contributed by atoms with van der Waals surface area (Å²) >= 11 is 0. The zero-order valence-electron chi connectivity index (χ0n) is 19.6. The number of rotatable bonds is 10. The number of hydrogen-bond donors (Lipinski definition) is 1. The number of methoxy groups -OCH3 is 2. The number of amides is 1. The van der Waals surface area contributed by atoms with Gasteiger partial charge in [-0.1, -0.05) is 35.9 Å². The van der Waals surface area contributed by atoms with Gasteiger partial charge < -0.3 is 9.47 Å². The summed E-state index contributed by atoms with van der Waals surface area (Å²) in [6.45, 7) is 0.945. The van der Waals surface area contributed by atoms with E-state index in [-0.39, 0.29) is 17.0 Å². The SMILES string of the molecule is COc1ccc(/C=N\NC(=O)CN(Cc2ccccc2F)S(=O)(=O)c2ccc(C)cc2)cc1OC. The molecule has 0 unspecified atom stereocenters. The summed E-state index contributed by atoms with van der Waals surface area (Å²) in [5.41, 5.74) is 3.97. The number of hydrazone groups is 1. The molecule has 8 nitrogen and oxygen atoms in total. The second-order valence-corrected chi connectivity index (χ2v) is 9.52. The van der Waals surface area contributed by atoms with Crippen molar-refractivity contribution in [2.45, 2.75) is 18.4 Å². The molecule has 1 amide bonds. The fraction of sp³-hybridized carbons (Fsp3) is 0.200. The predicted octanol–water partition coefficient (Wildman–Crippen LogP) is 3.49. The van der Waals surface area contributed by atoms with Gasteiger partial charge in [-0.15, -0.1) is 0 Å². The van der Waals surface area contributed by atoms with E-state index in [1.54, 1.807) is 36.4 Å². The second kappa shape index (κ2) is 11.6. The zero-order chi connectivity index (χ0) is 25.4. The van der Waals surface area contributed by atoms with E-state index in [4.69, 9.17) is 9.47 Å². The Kier molecular flexibility index (Phi) is 8.56. The van der Waals surface area contributed by atoms with Gasteiger partial charge in [0, 0.05) is 12.1 Å². The van der Waals surface area contributed by atoms with Gasteiger partial charge in [-0.2, -0.15) is 9.41 Å². The van der Waals surface area contributed by atoms with Crippen LogP contribution in [0.15, 0.2) is 76.7 Å². The monoisotopic (exact) mass is 499 g/mol. The maximum Gasteiger partial charge on any atom is 0.255 e. The molecule has 0 aliphatic carbocycles. The first kappa shape index (κ1) is 25.9. The molecule has 3 aromatic rings. The number of hydrogen-bond acceptors (Lipinski definition) is 6. The Labute approximate surface area is 204 Å². The highest BCUT2D eigenvalue weighted by molar-refractivity contribution is 7.89. The average Bonchev–Trinajstić information content (AvgIpc) is 2.85. The second-order valence-electron chi connectivity index (χ2n) is 7.59. The van der Waals surface area contributed by atoms with Gasteiger partial charge in [0.1, 0.15) is 5.82 Å². The van der Waals surface area contributed by atoms with Gasteiger partial charge in [0.2, 0.25) is 10.0 Å². The third-order valence-electron chi connectivity index (χ3n) is 5.09. The highest BCUT2D eigenvalue weighted by Crippen LogP contribution is 2.27. The van der Waals surface area contributed by atoms with E-state index in [0.717, 1.165) is 9.87 Å². The molecular weight excluding hydrogens is 473 g/mol. The third kappa shape index (κ3) is 6.65. The molecule has 0 atom stereocenters. The number of sulfonamides is 1. The molecule has 184 valence electrons. The van der Waals surface area contributed by atoms with Crippen LogP contribution in [-0.2, 0) is 21.4 Å². The number of aryl methyl sites for hydroxylation is 1. The summed E-state index contributed by atoms with van der Waals surface area (Å²) in [5, 5.41) is 3.90. The maximum atomic E-state index is 14.3. The summed E-state index contributed by atoms with van der Waals surface area (Å²) in [6, 6.07) is 17.1. The van der Waals surface area contributed by atoms with Gasteiger partial charge in [0.25, 0.3) is 5.91 Å². The average molecular weight is 500 g/mol. The van der Waals surface area contributed by atoms with Crippen LogP contribution < -0.4 is 14.9 Å². The minimum Gasteiger partial charge on any atom is -0.493 e. The summed E-state index contributed by atoms with van der Waals surface area (Å²) in [6.07, 6.45) is 1.38. The zero-order valence-corrected chi connectivity index (χ0v) is 20.4. The fourth-order valence-electron chi connectivity index (χ4n) is 3.21. The van der Waals surface area contributed by atoms with E-state index in [1.165, 1.54) is 50.8 Å². The lowest BCUT2D eigenvalue weighted by Gasteiger charge is -2.22. The van der Waals surface area contributed by atoms with Crippen molar-refractivity contribution in [3.63, 3.8) is 0 Å². The third-order valence-corrected chi connectivity index (χ3v) is 6.90. The molecule has 10 heteroatoms. The van der Waals surface area contributed by atoms with E-state index in [9.17, 15) is 17.6 Å². The quantitative estimate of drug-likeness (QED) is 0.340. The smallest absolute Gasteiger partial charge is 0.255 e. The van der Waals surface area contributed by atoms with Crippen molar-refractivity contribution in [2.24, 2.45) is 5.10 Å². The summed E-state index contributed by atoms with van der Waals surface area (Å²) in [7, 11) is -1.08. The van der Waals surface area contributed by atoms with Crippen molar-refractivity contribution >= 4 is 22.1 Å². The minimum absolute atomic E-state index is 0.000989. The highest BCUT2D eigenvalue weighted by atomic mass is 32.2. The lowest BCUT2D eigenvalue weighted by Crippen LogP contribution is -2.39. The Morgan fingerprint density at radius 2 is 1.71 bits per heavy atom. The van der Waals surface area contributed by atoms with Gasteiger partial charge in [0.05, 0.1) is 31.9 Å². The van der Waals surface area contributed by atoms with Crippen molar-refractivity contribution in [3.8, 4) is 11.5 Å². The van der Waals surface area contributed by atoms with Crippen LogP contribution in [0.4, 0.5) is 4.39 Å². The number of halogens is 1. The lowest BCUT2D eigenvalue weighted by atomic mass is 10.2. The van der Waals surface area contributed by atoms with Crippen LogP contribution in [0.5, 0.6) is 11.5 Å². The normalized spacial score (nSPS) is 11.6. The van der Waals surface area contributed by atoms with Crippen molar-refractivity contribution in [1.82, 2.24) is 9.73 Å². The van der Waals surface area contributed by atoms with E-state index in [0.29, 0.717) is 17.1 Å². The molecule has 0 saturated heterocycles. The molecule has 3 rings (SSSR count). The maximum absolute atomic E-state index is 14.3. The molecule has 3 aromatic carbocycles. The first-order valence-electron chi connectivity index (χ1n) is 10.6. The topological polar surface area (TPSA) is 97.3 Å². The van der Waals surface area contributed by atoms with Crippen molar-refractivity contribution < 1.29 is 27.1 Å². The van der Waals surface area contributed by atoms with Gasteiger partial charge in [-0.25, -0.2) is 18.2 Å². The molecule has 0 heterocycles. The predicted molar refractivity (Wildman–Crippen MR) is 130 cm³/mol. The largest absolute Gasteiger partial charge is 0.493 e. The summed E-state index contributed by atoms with van der Waals surface area (Å²) < 4.78 is 52.2.